The van der Waals surface area contributed by atoms with Crippen molar-refractivity contribution < 1.29 is 4.74 Å². The number of nitrogens with zero attached hydrogens (tertiary/aromatic N) is 4. The molecular formula is C17H22N4OS. The number of thiophene rings is 1. The molecule has 0 saturated carbocycles. The first-order chi connectivity index (χ1) is 11.4. The molecule has 2 fully saturated rings. The molecule has 2 saturated heterocycles. The summed E-state index contributed by atoms with van der Waals surface area (Å²) in [4.78, 5) is 13.6. The molecule has 2 aliphatic heterocycles. The Kier molecular flexibility index (Phi) is 4.55. The fourth-order valence-corrected chi connectivity index (χ4v) is 4.20. The molecule has 0 unspecified atom stereocenters. The second-order valence-corrected chi connectivity index (χ2v) is 7.10. The highest BCUT2D eigenvalue weighted by Gasteiger charge is 2.33. The Hall–Kier alpha value is -1.50. The number of hydrogen-bond donors (Lipinski definition) is 0. The maximum absolute atomic E-state index is 6.17. The van der Waals surface area contributed by atoms with Crippen molar-refractivity contribution in [3.05, 3.63) is 40.8 Å². The number of likely N-dealkylation sites (tertiary alicyclic amines) is 1. The van der Waals surface area contributed by atoms with Crippen molar-refractivity contribution >= 4 is 17.3 Å². The van der Waals surface area contributed by atoms with E-state index in [2.05, 4.69) is 36.6 Å². The molecule has 0 bridgehead atoms. The molecule has 122 valence electrons. The third-order valence-corrected chi connectivity index (χ3v) is 5.48. The van der Waals surface area contributed by atoms with E-state index in [4.69, 9.17) is 4.74 Å². The van der Waals surface area contributed by atoms with Crippen molar-refractivity contribution in [3.63, 3.8) is 0 Å². The fourth-order valence-electron chi connectivity index (χ4n) is 3.54. The molecule has 0 aliphatic carbocycles. The molecule has 0 amide bonds. The van der Waals surface area contributed by atoms with Gasteiger partial charge in [-0.25, -0.2) is 9.97 Å². The second kappa shape index (κ2) is 6.95. The number of hydrogen-bond acceptors (Lipinski definition) is 6. The van der Waals surface area contributed by atoms with Crippen molar-refractivity contribution in [2.45, 2.75) is 19.1 Å². The maximum atomic E-state index is 6.17. The normalized spacial score (nSPS) is 25.8. The Bertz CT molecular complexity index is 606. The molecule has 5 nitrogen and oxygen atoms in total. The highest BCUT2D eigenvalue weighted by molar-refractivity contribution is 7.07. The molecule has 23 heavy (non-hydrogen) atoms. The van der Waals surface area contributed by atoms with Gasteiger partial charge >= 0.3 is 0 Å². The van der Waals surface area contributed by atoms with Gasteiger partial charge in [-0.1, -0.05) is 0 Å². The van der Waals surface area contributed by atoms with Gasteiger partial charge in [0, 0.05) is 44.5 Å². The van der Waals surface area contributed by atoms with E-state index in [1.54, 1.807) is 11.3 Å². The summed E-state index contributed by atoms with van der Waals surface area (Å²) in [6.45, 7) is 5.85. The predicted molar refractivity (Wildman–Crippen MR) is 91.7 cm³/mol. The number of ether oxygens (including phenoxy) is 1. The summed E-state index contributed by atoms with van der Waals surface area (Å²) in [5.74, 6) is 1.40. The van der Waals surface area contributed by atoms with Crippen LogP contribution in [0.5, 0.6) is 0 Å². The van der Waals surface area contributed by atoms with Crippen LogP contribution in [-0.4, -0.2) is 53.8 Å². The highest BCUT2D eigenvalue weighted by Crippen LogP contribution is 2.26. The maximum Gasteiger partial charge on any atom is 0.225 e. The van der Waals surface area contributed by atoms with Gasteiger partial charge in [-0.2, -0.15) is 11.3 Å². The monoisotopic (exact) mass is 330 g/mol. The fraction of sp³-hybridized carbons (Fsp3) is 0.529. The number of anilines is 1. The van der Waals surface area contributed by atoms with E-state index in [-0.39, 0.29) is 0 Å². The van der Waals surface area contributed by atoms with E-state index in [0.29, 0.717) is 12.0 Å². The molecule has 4 heterocycles. The molecular weight excluding hydrogens is 308 g/mol. The van der Waals surface area contributed by atoms with Crippen LogP contribution in [0.25, 0.3) is 0 Å². The van der Waals surface area contributed by atoms with Crippen LogP contribution in [0.2, 0.25) is 0 Å². The third-order valence-electron chi connectivity index (χ3n) is 4.75. The summed E-state index contributed by atoms with van der Waals surface area (Å²) >= 11 is 1.77. The largest absolute Gasteiger partial charge is 0.375 e. The Labute approximate surface area is 140 Å². The molecule has 0 radical (unpaired) electrons. The van der Waals surface area contributed by atoms with Gasteiger partial charge in [0.2, 0.25) is 5.95 Å². The minimum absolute atomic E-state index is 0.330. The topological polar surface area (TPSA) is 41.5 Å². The van der Waals surface area contributed by atoms with E-state index in [1.165, 1.54) is 12.0 Å². The molecule has 0 spiro atoms. The van der Waals surface area contributed by atoms with Gasteiger partial charge < -0.3 is 9.64 Å². The van der Waals surface area contributed by atoms with Crippen LogP contribution in [-0.2, 0) is 11.3 Å². The van der Waals surface area contributed by atoms with Crippen molar-refractivity contribution in [1.82, 2.24) is 14.9 Å². The zero-order valence-electron chi connectivity index (χ0n) is 13.2. The van der Waals surface area contributed by atoms with Crippen molar-refractivity contribution in [2.24, 2.45) is 5.92 Å². The van der Waals surface area contributed by atoms with Gasteiger partial charge in [0.05, 0.1) is 12.7 Å². The van der Waals surface area contributed by atoms with E-state index in [9.17, 15) is 0 Å². The van der Waals surface area contributed by atoms with Crippen LogP contribution in [0.15, 0.2) is 35.3 Å². The number of aromatic nitrogens is 2. The molecule has 2 aromatic rings. The minimum atomic E-state index is 0.330. The first-order valence-corrected chi connectivity index (χ1v) is 9.20. The molecule has 0 N–H and O–H groups in total. The Balaban J connectivity index is 1.40. The SMILES string of the molecule is c1cnc(N2CCO[C@@H]3CN(Cc4ccsc4)CC[C@@H]3C2)nc1. The summed E-state index contributed by atoms with van der Waals surface area (Å²) < 4.78 is 6.17. The van der Waals surface area contributed by atoms with Crippen LogP contribution in [0.4, 0.5) is 5.95 Å². The van der Waals surface area contributed by atoms with Gasteiger partial charge in [-0.15, -0.1) is 0 Å². The smallest absolute Gasteiger partial charge is 0.225 e. The van der Waals surface area contributed by atoms with Gasteiger partial charge in [-0.3, -0.25) is 4.90 Å². The second-order valence-electron chi connectivity index (χ2n) is 6.32. The lowest BCUT2D eigenvalue weighted by molar-refractivity contribution is -0.0239. The predicted octanol–water partition coefficient (Wildman–Crippen LogP) is 2.27. The molecule has 2 aliphatic rings. The van der Waals surface area contributed by atoms with E-state index in [1.807, 2.05) is 18.5 Å². The molecule has 4 rings (SSSR count). The number of fused-ring (bicyclic) bond motifs is 1. The summed E-state index contributed by atoms with van der Waals surface area (Å²) in [6.07, 6.45) is 5.14. The van der Waals surface area contributed by atoms with Crippen molar-refractivity contribution in [2.75, 3.05) is 37.7 Å². The lowest BCUT2D eigenvalue weighted by atomic mass is 9.93. The molecule has 2 aromatic heterocycles. The summed E-state index contributed by atoms with van der Waals surface area (Å²) in [7, 11) is 0. The summed E-state index contributed by atoms with van der Waals surface area (Å²) in [5.41, 5.74) is 1.42. The molecule has 0 aromatic carbocycles. The van der Waals surface area contributed by atoms with Crippen molar-refractivity contribution in [1.29, 1.82) is 0 Å². The zero-order valence-corrected chi connectivity index (χ0v) is 14.0. The van der Waals surface area contributed by atoms with Gasteiger partial charge in [0.15, 0.2) is 0 Å². The highest BCUT2D eigenvalue weighted by atomic mass is 32.1. The lowest BCUT2D eigenvalue weighted by Crippen LogP contribution is -2.46. The Morgan fingerprint density at radius 2 is 2.13 bits per heavy atom. The average molecular weight is 330 g/mol. The van der Waals surface area contributed by atoms with Crippen LogP contribution < -0.4 is 4.90 Å². The summed E-state index contributed by atoms with van der Waals surface area (Å²) in [5, 5.41) is 4.40. The van der Waals surface area contributed by atoms with Crippen LogP contribution in [0.3, 0.4) is 0 Å². The quantitative estimate of drug-likeness (QED) is 0.863. The minimum Gasteiger partial charge on any atom is -0.375 e. The van der Waals surface area contributed by atoms with E-state index >= 15 is 0 Å². The Morgan fingerprint density at radius 1 is 1.22 bits per heavy atom. The third kappa shape index (κ3) is 3.54. The lowest BCUT2D eigenvalue weighted by Gasteiger charge is -2.37. The first kappa shape index (κ1) is 15.1. The number of piperidine rings is 1. The van der Waals surface area contributed by atoms with Gasteiger partial charge in [0.25, 0.3) is 0 Å². The average Bonchev–Trinajstić information content (AvgIpc) is 3.00. The van der Waals surface area contributed by atoms with E-state index < -0.39 is 0 Å². The molecule has 6 heteroatoms. The first-order valence-electron chi connectivity index (χ1n) is 8.25. The Morgan fingerprint density at radius 3 is 2.96 bits per heavy atom. The standard InChI is InChI=1S/C17H22N4OS/c1-4-18-17(19-5-1)21-7-8-22-16-12-20(6-2-15(16)11-21)10-14-3-9-23-13-14/h1,3-5,9,13,15-16H,2,6-8,10-12H2/t15-,16-/m1/s1. The van der Waals surface area contributed by atoms with Crippen molar-refractivity contribution in [3.8, 4) is 0 Å². The molecule has 2 atom stereocenters. The number of rotatable bonds is 3. The van der Waals surface area contributed by atoms with Crippen LogP contribution >= 0.6 is 11.3 Å². The summed E-state index contributed by atoms with van der Waals surface area (Å²) in [6, 6.07) is 4.09. The van der Waals surface area contributed by atoms with Crippen LogP contribution in [0.1, 0.15) is 12.0 Å². The van der Waals surface area contributed by atoms with Gasteiger partial charge in [-0.05, 0) is 41.4 Å². The zero-order chi connectivity index (χ0) is 15.5. The van der Waals surface area contributed by atoms with E-state index in [0.717, 1.165) is 45.3 Å². The van der Waals surface area contributed by atoms with Gasteiger partial charge in [0.1, 0.15) is 0 Å². The van der Waals surface area contributed by atoms with Crippen LogP contribution in [0, 0.1) is 5.92 Å².